The maximum atomic E-state index is 10.9. The number of aliphatic carboxylic acids is 1. The topological polar surface area (TPSA) is 95.6 Å². The molecule has 1 rings (SSSR count). The number of piperidine rings is 1. The molecule has 16 heavy (non-hydrogen) atoms. The fraction of sp³-hybridized carbons (Fsp3) is 0.909. The molecule has 0 spiro atoms. The molecular formula is C11H22N2O3. The second kappa shape index (κ2) is 5.12. The van der Waals surface area contributed by atoms with Crippen LogP contribution in [0.3, 0.4) is 0 Å². The number of nitrogens with one attached hydrogen (secondary N) is 1. The lowest BCUT2D eigenvalue weighted by atomic mass is 9.78. The van der Waals surface area contributed by atoms with Gasteiger partial charge >= 0.3 is 5.97 Å². The van der Waals surface area contributed by atoms with E-state index in [0.717, 1.165) is 12.8 Å². The third-order valence-corrected chi connectivity index (χ3v) is 3.46. The number of aliphatic hydroxyl groups is 1. The lowest BCUT2D eigenvalue weighted by Gasteiger charge is -2.39. The number of hydrogen-bond donors (Lipinski definition) is 4. The molecule has 0 aliphatic carbocycles. The molecule has 1 saturated heterocycles. The fourth-order valence-corrected chi connectivity index (χ4v) is 2.09. The van der Waals surface area contributed by atoms with Gasteiger partial charge in [0.2, 0.25) is 0 Å². The highest BCUT2D eigenvalue weighted by molar-refractivity contribution is 5.73. The lowest BCUT2D eigenvalue weighted by Crippen LogP contribution is -2.59. The van der Waals surface area contributed by atoms with Crippen molar-refractivity contribution in [1.82, 2.24) is 5.32 Å². The Kier molecular flexibility index (Phi) is 4.29. The number of aliphatic hydroxyl groups excluding tert-OH is 1. The van der Waals surface area contributed by atoms with Crippen molar-refractivity contribution in [3.63, 3.8) is 0 Å². The summed E-state index contributed by atoms with van der Waals surface area (Å²) in [7, 11) is 0. The van der Waals surface area contributed by atoms with E-state index >= 15 is 0 Å². The lowest BCUT2D eigenvalue weighted by molar-refractivity contribution is -0.140. The first-order chi connectivity index (χ1) is 7.38. The van der Waals surface area contributed by atoms with Crippen LogP contribution in [-0.2, 0) is 4.79 Å². The molecule has 1 fully saturated rings. The van der Waals surface area contributed by atoms with Crippen molar-refractivity contribution in [2.75, 3.05) is 6.61 Å². The molecule has 1 heterocycles. The van der Waals surface area contributed by atoms with E-state index in [4.69, 9.17) is 10.8 Å². The van der Waals surface area contributed by atoms with Crippen LogP contribution in [0.5, 0.6) is 0 Å². The van der Waals surface area contributed by atoms with Crippen molar-refractivity contribution in [2.24, 2.45) is 11.1 Å². The van der Waals surface area contributed by atoms with Crippen molar-refractivity contribution in [1.29, 1.82) is 0 Å². The quantitative estimate of drug-likeness (QED) is 0.542. The van der Waals surface area contributed by atoms with Crippen molar-refractivity contribution in [2.45, 2.75) is 51.2 Å². The van der Waals surface area contributed by atoms with Gasteiger partial charge in [0, 0.05) is 24.1 Å². The molecule has 0 aromatic rings. The Balaban J connectivity index is 2.63. The van der Waals surface area contributed by atoms with Crippen molar-refractivity contribution >= 4 is 5.97 Å². The van der Waals surface area contributed by atoms with Gasteiger partial charge in [-0.3, -0.25) is 4.79 Å². The maximum absolute atomic E-state index is 10.9. The van der Waals surface area contributed by atoms with Gasteiger partial charge in [-0.15, -0.1) is 0 Å². The largest absolute Gasteiger partial charge is 0.480 e. The fourth-order valence-electron chi connectivity index (χ4n) is 2.09. The first-order valence-corrected chi connectivity index (χ1v) is 5.74. The van der Waals surface area contributed by atoms with Crippen molar-refractivity contribution < 1.29 is 15.0 Å². The second-order valence-corrected chi connectivity index (χ2v) is 5.27. The molecule has 0 aromatic carbocycles. The molecular weight excluding hydrogens is 208 g/mol. The standard InChI is InChI=1S/C11H22N2O3/c1-11(2,6-14)9(12)7-4-3-5-8(13-7)10(15)16/h7-9,13-14H,3-6,12H2,1-2H3,(H,15,16). The molecule has 5 nitrogen and oxygen atoms in total. The summed E-state index contributed by atoms with van der Waals surface area (Å²) in [5.41, 5.74) is 5.69. The SMILES string of the molecule is CC(C)(CO)C(N)C1CCCC(C(=O)O)N1. The summed E-state index contributed by atoms with van der Waals surface area (Å²) in [6, 6.07) is -0.768. The van der Waals surface area contributed by atoms with Crippen LogP contribution < -0.4 is 11.1 Å². The number of carboxylic acids is 1. The summed E-state index contributed by atoms with van der Waals surface area (Å²) in [4.78, 5) is 10.9. The molecule has 3 atom stereocenters. The third-order valence-electron chi connectivity index (χ3n) is 3.46. The first kappa shape index (κ1) is 13.4. The molecule has 94 valence electrons. The highest BCUT2D eigenvalue weighted by atomic mass is 16.4. The molecule has 1 aliphatic rings. The smallest absolute Gasteiger partial charge is 0.320 e. The van der Waals surface area contributed by atoms with E-state index in [1.54, 1.807) is 0 Å². The van der Waals surface area contributed by atoms with Gasteiger partial charge in [-0.1, -0.05) is 13.8 Å². The molecule has 0 amide bonds. The highest BCUT2D eigenvalue weighted by Crippen LogP contribution is 2.25. The molecule has 1 aliphatic heterocycles. The minimum Gasteiger partial charge on any atom is -0.480 e. The van der Waals surface area contributed by atoms with E-state index in [2.05, 4.69) is 5.32 Å². The van der Waals surface area contributed by atoms with E-state index < -0.39 is 17.4 Å². The van der Waals surface area contributed by atoms with E-state index in [1.165, 1.54) is 0 Å². The van der Waals surface area contributed by atoms with Crippen LogP contribution in [0.15, 0.2) is 0 Å². The van der Waals surface area contributed by atoms with Crippen LogP contribution in [0.2, 0.25) is 0 Å². The summed E-state index contributed by atoms with van der Waals surface area (Å²) in [6.07, 6.45) is 2.39. The van der Waals surface area contributed by atoms with Crippen LogP contribution in [0, 0.1) is 5.41 Å². The van der Waals surface area contributed by atoms with E-state index in [9.17, 15) is 9.90 Å². The third kappa shape index (κ3) is 2.93. The Morgan fingerprint density at radius 2 is 2.19 bits per heavy atom. The summed E-state index contributed by atoms with van der Waals surface area (Å²) < 4.78 is 0. The molecule has 0 bridgehead atoms. The molecule has 0 saturated carbocycles. The first-order valence-electron chi connectivity index (χ1n) is 5.74. The number of rotatable bonds is 4. The zero-order valence-electron chi connectivity index (χ0n) is 9.94. The minimum absolute atomic E-state index is 0.00405. The van der Waals surface area contributed by atoms with E-state index in [1.807, 2.05) is 13.8 Å². The maximum Gasteiger partial charge on any atom is 0.320 e. The van der Waals surface area contributed by atoms with Gasteiger partial charge in [0.1, 0.15) is 6.04 Å². The van der Waals surface area contributed by atoms with E-state index in [0.29, 0.717) is 6.42 Å². The summed E-state index contributed by atoms with van der Waals surface area (Å²) in [5.74, 6) is -0.821. The Morgan fingerprint density at radius 3 is 2.69 bits per heavy atom. The second-order valence-electron chi connectivity index (χ2n) is 5.27. The van der Waals surface area contributed by atoms with Gasteiger partial charge in [0.05, 0.1) is 0 Å². The van der Waals surface area contributed by atoms with Gasteiger partial charge in [-0.2, -0.15) is 0 Å². The summed E-state index contributed by atoms with van der Waals surface area (Å²) in [6.45, 7) is 3.79. The predicted octanol–water partition coefficient (Wildman–Crippen LogP) is -0.0725. The van der Waals surface area contributed by atoms with Crippen molar-refractivity contribution in [3.05, 3.63) is 0 Å². The van der Waals surface area contributed by atoms with Crippen LogP contribution in [0.1, 0.15) is 33.1 Å². The van der Waals surface area contributed by atoms with Gasteiger partial charge in [-0.05, 0) is 19.3 Å². The minimum atomic E-state index is -0.821. The molecule has 3 unspecified atom stereocenters. The highest BCUT2D eigenvalue weighted by Gasteiger charge is 2.36. The number of hydrogen-bond acceptors (Lipinski definition) is 4. The average Bonchev–Trinajstić information content (AvgIpc) is 2.28. The van der Waals surface area contributed by atoms with Gasteiger partial charge < -0.3 is 21.3 Å². The number of nitrogens with two attached hydrogens (primary N) is 1. The monoisotopic (exact) mass is 230 g/mol. The predicted molar refractivity (Wildman–Crippen MR) is 61.0 cm³/mol. The van der Waals surface area contributed by atoms with E-state index in [-0.39, 0.29) is 18.7 Å². The van der Waals surface area contributed by atoms with Crippen LogP contribution >= 0.6 is 0 Å². The number of carbonyl (C=O) groups is 1. The molecule has 5 heteroatoms. The zero-order chi connectivity index (χ0) is 12.3. The van der Waals surface area contributed by atoms with Crippen LogP contribution in [-0.4, -0.2) is 40.9 Å². The van der Waals surface area contributed by atoms with Crippen molar-refractivity contribution in [3.8, 4) is 0 Å². The van der Waals surface area contributed by atoms with Gasteiger partial charge in [0.15, 0.2) is 0 Å². The Bertz CT molecular complexity index is 256. The van der Waals surface area contributed by atoms with Gasteiger partial charge in [-0.25, -0.2) is 0 Å². The Hall–Kier alpha value is -0.650. The molecule has 0 aromatic heterocycles. The summed E-state index contributed by atoms with van der Waals surface area (Å²) >= 11 is 0. The van der Waals surface area contributed by atoms with Crippen LogP contribution in [0.4, 0.5) is 0 Å². The Labute approximate surface area is 96.0 Å². The molecule has 5 N–H and O–H groups in total. The molecule has 0 radical (unpaired) electrons. The zero-order valence-corrected chi connectivity index (χ0v) is 9.94. The normalized spacial score (nSPS) is 28.8. The average molecular weight is 230 g/mol. The van der Waals surface area contributed by atoms with Crippen LogP contribution in [0.25, 0.3) is 0 Å². The summed E-state index contributed by atoms with van der Waals surface area (Å²) in [5, 5.41) is 21.2. The Morgan fingerprint density at radius 1 is 1.56 bits per heavy atom. The number of carboxylic acid groups (broad SMARTS) is 1. The van der Waals surface area contributed by atoms with Gasteiger partial charge in [0.25, 0.3) is 0 Å².